The molecule has 0 N–H and O–H groups in total. The molecule has 2 heterocycles. The van der Waals surface area contributed by atoms with Crippen LogP contribution in [0.1, 0.15) is 33.3 Å². The zero-order chi connectivity index (χ0) is 21.4. The molecule has 0 spiro atoms. The van der Waals surface area contributed by atoms with Gasteiger partial charge in [-0.15, -0.1) is 0 Å². The molecule has 0 bridgehead atoms. The predicted octanol–water partition coefficient (Wildman–Crippen LogP) is 5.47. The zero-order valence-electron chi connectivity index (χ0n) is 17.3. The summed E-state index contributed by atoms with van der Waals surface area (Å²) >= 11 is 3.57. The van der Waals surface area contributed by atoms with E-state index in [2.05, 4.69) is 31.6 Å². The van der Waals surface area contributed by atoms with Crippen molar-refractivity contribution >= 4 is 32.8 Å². The fourth-order valence-corrected chi connectivity index (χ4v) is 4.10. The Bertz CT molecular complexity index is 1110. The normalized spacial score (nSPS) is 12.0. The number of hydrogen-bond donors (Lipinski definition) is 0. The number of halogens is 1. The molecular weight excluding hydrogens is 430 g/mol. The minimum Gasteiger partial charge on any atom is -0.469 e. The first-order valence-corrected chi connectivity index (χ1v) is 10.1. The van der Waals surface area contributed by atoms with Gasteiger partial charge in [-0.1, -0.05) is 15.9 Å². The summed E-state index contributed by atoms with van der Waals surface area (Å²) in [5.74, 6) is -0.273. The predicted molar refractivity (Wildman–Crippen MR) is 117 cm³/mol. The van der Waals surface area contributed by atoms with E-state index in [1.807, 2.05) is 58.0 Å². The van der Waals surface area contributed by atoms with E-state index >= 15 is 0 Å². The quantitative estimate of drug-likeness (QED) is 0.480. The van der Waals surface area contributed by atoms with Crippen molar-refractivity contribution in [3.63, 3.8) is 0 Å². The Hall–Kier alpha value is -2.65. The number of hydrogen-bond acceptors (Lipinski definition) is 4. The van der Waals surface area contributed by atoms with Gasteiger partial charge in [0, 0.05) is 27.8 Å². The highest BCUT2D eigenvalue weighted by molar-refractivity contribution is 9.10. The summed E-state index contributed by atoms with van der Waals surface area (Å²) in [6, 6.07) is 12.3. The molecule has 5 nitrogen and oxygen atoms in total. The fourth-order valence-electron chi connectivity index (χ4n) is 3.73. The second-order valence-corrected chi connectivity index (χ2v) is 9.20. The first-order valence-electron chi connectivity index (χ1n) is 9.36. The lowest BCUT2D eigenvalue weighted by Gasteiger charge is -2.25. The number of nitrogens with zero attached hydrogens (tertiary/aromatic N) is 3. The summed E-state index contributed by atoms with van der Waals surface area (Å²) in [4.78, 5) is 16.7. The topological polar surface area (TPSA) is 67.9 Å². The van der Waals surface area contributed by atoms with Crippen LogP contribution in [0.4, 0.5) is 0 Å². The lowest BCUT2D eigenvalue weighted by molar-refractivity contribution is -0.150. The van der Waals surface area contributed by atoms with Crippen molar-refractivity contribution in [1.29, 1.82) is 5.26 Å². The molecule has 0 atom stereocenters. The van der Waals surface area contributed by atoms with Crippen LogP contribution in [0.5, 0.6) is 0 Å². The van der Waals surface area contributed by atoms with Crippen LogP contribution in [0, 0.1) is 16.7 Å². The molecule has 3 aromatic rings. The van der Waals surface area contributed by atoms with Crippen molar-refractivity contribution in [1.82, 2.24) is 9.55 Å². The highest BCUT2D eigenvalue weighted by atomic mass is 79.9. The van der Waals surface area contributed by atoms with Crippen LogP contribution >= 0.6 is 15.9 Å². The van der Waals surface area contributed by atoms with Gasteiger partial charge in [0.15, 0.2) is 0 Å². The van der Waals surface area contributed by atoms with E-state index < -0.39 is 11.0 Å². The van der Waals surface area contributed by atoms with E-state index in [0.717, 1.165) is 32.2 Å². The van der Waals surface area contributed by atoms with Crippen LogP contribution in [0.3, 0.4) is 0 Å². The lowest BCUT2D eigenvalue weighted by Crippen LogP contribution is -2.29. The van der Waals surface area contributed by atoms with Crippen LogP contribution in [-0.2, 0) is 21.5 Å². The van der Waals surface area contributed by atoms with Crippen LogP contribution in [0.2, 0.25) is 0 Å². The monoisotopic (exact) mass is 453 g/mol. The maximum Gasteiger partial charge on any atom is 0.311 e. The van der Waals surface area contributed by atoms with Gasteiger partial charge < -0.3 is 9.30 Å². The van der Waals surface area contributed by atoms with Crippen molar-refractivity contribution < 1.29 is 9.53 Å². The van der Waals surface area contributed by atoms with Crippen molar-refractivity contribution in [2.75, 3.05) is 7.11 Å². The van der Waals surface area contributed by atoms with E-state index in [1.54, 1.807) is 12.4 Å². The standard InChI is InChI=1S/C23H24BrN3O2/c1-22(2,21(28)29-5)12-18-17-11-16(24)8-9-19(17)27(23(3,4)14-25)20(18)15-7-6-10-26-13-15/h6-11,13H,12H2,1-5H3. The zero-order valence-corrected chi connectivity index (χ0v) is 18.9. The summed E-state index contributed by atoms with van der Waals surface area (Å²) < 4.78 is 8.03. The fraction of sp³-hybridized carbons (Fsp3) is 0.348. The maximum absolute atomic E-state index is 12.4. The molecule has 6 heteroatoms. The molecule has 150 valence electrons. The van der Waals surface area contributed by atoms with Crippen LogP contribution < -0.4 is 0 Å². The number of ether oxygens (including phenoxy) is 1. The number of esters is 1. The van der Waals surface area contributed by atoms with Crippen molar-refractivity contribution in [3.8, 4) is 17.3 Å². The number of carbonyl (C=O) groups is 1. The largest absolute Gasteiger partial charge is 0.469 e. The van der Waals surface area contributed by atoms with Crippen LogP contribution in [-0.4, -0.2) is 22.6 Å². The van der Waals surface area contributed by atoms with Gasteiger partial charge in [-0.3, -0.25) is 9.78 Å². The van der Waals surface area contributed by atoms with E-state index in [0.29, 0.717) is 6.42 Å². The molecule has 0 aliphatic carbocycles. The Balaban J connectivity index is 2.44. The molecule has 0 aliphatic heterocycles. The van der Waals surface area contributed by atoms with Crippen molar-refractivity contribution in [3.05, 3.63) is 52.8 Å². The minimum absolute atomic E-state index is 0.273. The van der Waals surface area contributed by atoms with Crippen molar-refractivity contribution in [2.45, 2.75) is 39.7 Å². The molecule has 2 aromatic heterocycles. The SMILES string of the molecule is COC(=O)C(C)(C)Cc1c(-c2cccnc2)n(C(C)(C)C#N)c2ccc(Br)cc12. The molecule has 0 aliphatic rings. The first-order chi connectivity index (χ1) is 13.6. The lowest BCUT2D eigenvalue weighted by atomic mass is 9.84. The third kappa shape index (κ3) is 3.79. The van der Waals surface area contributed by atoms with Crippen molar-refractivity contribution in [2.24, 2.45) is 5.41 Å². The summed E-state index contributed by atoms with van der Waals surface area (Å²) in [6.07, 6.45) is 3.98. The number of benzene rings is 1. The van der Waals surface area contributed by atoms with Gasteiger partial charge in [-0.2, -0.15) is 5.26 Å². The smallest absolute Gasteiger partial charge is 0.311 e. The second kappa shape index (κ2) is 7.64. The van der Waals surface area contributed by atoms with E-state index in [-0.39, 0.29) is 5.97 Å². The number of carbonyl (C=O) groups excluding carboxylic acids is 1. The highest BCUT2D eigenvalue weighted by Crippen LogP contribution is 2.41. The number of methoxy groups -OCH3 is 1. The Morgan fingerprint density at radius 2 is 2.00 bits per heavy atom. The summed E-state index contributed by atoms with van der Waals surface area (Å²) in [5.41, 5.74) is 2.20. The number of pyridine rings is 1. The number of nitriles is 1. The maximum atomic E-state index is 12.4. The van der Waals surface area contributed by atoms with E-state index in [4.69, 9.17) is 4.74 Å². The van der Waals surface area contributed by atoms with Gasteiger partial charge in [0.1, 0.15) is 5.54 Å². The minimum atomic E-state index is -0.801. The number of fused-ring (bicyclic) bond motifs is 1. The third-order valence-electron chi connectivity index (χ3n) is 5.16. The van der Waals surface area contributed by atoms with Gasteiger partial charge in [0.05, 0.1) is 29.8 Å². The Labute approximate surface area is 179 Å². The summed E-state index contributed by atoms with van der Waals surface area (Å²) in [7, 11) is 1.41. The van der Waals surface area contributed by atoms with Gasteiger partial charge in [-0.05, 0) is 70.0 Å². The Morgan fingerprint density at radius 3 is 2.59 bits per heavy atom. The van der Waals surface area contributed by atoms with Gasteiger partial charge >= 0.3 is 5.97 Å². The number of aromatic nitrogens is 2. The molecule has 1 aromatic carbocycles. The summed E-state index contributed by atoms with van der Waals surface area (Å²) in [5, 5.41) is 10.9. The molecule has 0 unspecified atom stereocenters. The molecule has 29 heavy (non-hydrogen) atoms. The van der Waals surface area contributed by atoms with E-state index in [9.17, 15) is 10.1 Å². The second-order valence-electron chi connectivity index (χ2n) is 8.29. The average Bonchev–Trinajstić information content (AvgIpc) is 3.01. The van der Waals surface area contributed by atoms with Gasteiger partial charge in [0.25, 0.3) is 0 Å². The molecule has 0 saturated heterocycles. The number of rotatable bonds is 5. The van der Waals surface area contributed by atoms with Gasteiger partial charge in [-0.25, -0.2) is 0 Å². The van der Waals surface area contributed by atoms with Crippen LogP contribution in [0.25, 0.3) is 22.2 Å². The van der Waals surface area contributed by atoms with Gasteiger partial charge in [0.2, 0.25) is 0 Å². The average molecular weight is 454 g/mol. The third-order valence-corrected chi connectivity index (χ3v) is 5.65. The first kappa shape index (κ1) is 21.1. The molecular formula is C23H24BrN3O2. The summed E-state index contributed by atoms with van der Waals surface area (Å²) in [6.45, 7) is 7.54. The molecule has 0 radical (unpaired) electrons. The molecule has 0 amide bonds. The molecule has 0 fully saturated rings. The Kier molecular flexibility index (Phi) is 5.55. The molecule has 3 rings (SSSR count). The highest BCUT2D eigenvalue weighted by Gasteiger charge is 2.35. The molecule has 0 saturated carbocycles. The van der Waals surface area contributed by atoms with Crippen LogP contribution in [0.15, 0.2) is 47.2 Å². The van der Waals surface area contributed by atoms with E-state index in [1.165, 1.54) is 7.11 Å². The Morgan fingerprint density at radius 1 is 1.28 bits per heavy atom.